The lowest BCUT2D eigenvalue weighted by molar-refractivity contribution is -0.137. The second-order valence-electron chi connectivity index (χ2n) is 7.00. The van der Waals surface area contributed by atoms with Crippen LogP contribution in [0.25, 0.3) is 16.6 Å². The number of nitrogens with zero attached hydrogens (tertiary/aromatic N) is 4. The van der Waals surface area contributed by atoms with E-state index in [0.717, 1.165) is 44.7 Å². The fourth-order valence-corrected chi connectivity index (χ4v) is 4.05. The number of aromatic nitrogens is 5. The molecule has 2 aromatic carbocycles. The van der Waals surface area contributed by atoms with Gasteiger partial charge in [-0.2, -0.15) is 17.9 Å². The number of alkyl halides is 3. The maximum atomic E-state index is 13.3. The summed E-state index contributed by atoms with van der Waals surface area (Å²) in [5, 5.41) is 14.8. The molecule has 8 nitrogen and oxygen atoms in total. The van der Waals surface area contributed by atoms with E-state index in [9.17, 15) is 18.0 Å². The SMILES string of the molecule is COc1ccc2c(CCNC(=O)CSc3nnnn3-c3ccccc3C(F)(F)F)c[nH]c2c1. The Balaban J connectivity index is 1.34. The molecule has 2 N–H and O–H groups in total. The molecule has 0 saturated carbocycles. The van der Waals surface area contributed by atoms with Crippen molar-refractivity contribution in [2.45, 2.75) is 17.8 Å². The molecular weight excluding hydrogens is 457 g/mol. The molecule has 2 aromatic heterocycles. The number of para-hydroxylation sites is 1. The van der Waals surface area contributed by atoms with Crippen molar-refractivity contribution in [3.05, 3.63) is 59.8 Å². The number of hydrogen-bond donors (Lipinski definition) is 2. The number of ether oxygens (including phenoxy) is 1. The van der Waals surface area contributed by atoms with Crippen LogP contribution in [0.4, 0.5) is 13.2 Å². The molecule has 0 fully saturated rings. The lowest BCUT2D eigenvalue weighted by Crippen LogP contribution is -2.27. The summed E-state index contributed by atoms with van der Waals surface area (Å²) >= 11 is 0.958. The number of halogens is 3. The highest BCUT2D eigenvalue weighted by Gasteiger charge is 2.34. The van der Waals surface area contributed by atoms with E-state index in [2.05, 4.69) is 25.8 Å². The Kier molecular flexibility index (Phi) is 6.54. The highest BCUT2D eigenvalue weighted by molar-refractivity contribution is 7.99. The van der Waals surface area contributed by atoms with Crippen LogP contribution in [0.15, 0.2) is 53.8 Å². The van der Waals surface area contributed by atoms with Gasteiger partial charge < -0.3 is 15.0 Å². The van der Waals surface area contributed by atoms with Crippen molar-refractivity contribution in [1.82, 2.24) is 30.5 Å². The minimum absolute atomic E-state index is 0.0420. The first kappa shape index (κ1) is 22.6. The van der Waals surface area contributed by atoms with Gasteiger partial charge in [0.2, 0.25) is 11.1 Å². The van der Waals surface area contributed by atoms with E-state index < -0.39 is 11.7 Å². The Hall–Kier alpha value is -3.54. The zero-order valence-corrected chi connectivity index (χ0v) is 18.2. The smallest absolute Gasteiger partial charge is 0.418 e. The molecule has 1 amide bonds. The molecule has 0 aliphatic rings. The number of hydrogen-bond acceptors (Lipinski definition) is 6. The number of benzene rings is 2. The van der Waals surface area contributed by atoms with Gasteiger partial charge in [0.15, 0.2) is 0 Å². The monoisotopic (exact) mass is 476 g/mol. The quantitative estimate of drug-likeness (QED) is 0.377. The third-order valence-electron chi connectivity index (χ3n) is 4.90. The largest absolute Gasteiger partial charge is 0.497 e. The number of tetrazole rings is 1. The van der Waals surface area contributed by atoms with E-state index in [1.54, 1.807) is 7.11 Å². The van der Waals surface area contributed by atoms with Crippen molar-refractivity contribution in [3.63, 3.8) is 0 Å². The van der Waals surface area contributed by atoms with E-state index in [0.29, 0.717) is 13.0 Å². The number of amides is 1. The van der Waals surface area contributed by atoms with Gasteiger partial charge in [0.05, 0.1) is 24.1 Å². The molecule has 12 heteroatoms. The summed E-state index contributed by atoms with van der Waals surface area (Å²) in [5.41, 5.74) is 0.930. The fraction of sp³-hybridized carbons (Fsp3) is 0.238. The number of methoxy groups -OCH3 is 1. The number of fused-ring (bicyclic) bond motifs is 1. The molecule has 33 heavy (non-hydrogen) atoms. The molecule has 0 atom stereocenters. The van der Waals surface area contributed by atoms with Crippen molar-refractivity contribution in [1.29, 1.82) is 0 Å². The lowest BCUT2D eigenvalue weighted by atomic mass is 10.1. The summed E-state index contributed by atoms with van der Waals surface area (Å²) in [5.74, 6) is 0.432. The molecule has 0 saturated heterocycles. The maximum Gasteiger partial charge on any atom is 0.418 e. The van der Waals surface area contributed by atoms with Crippen LogP contribution in [0.3, 0.4) is 0 Å². The molecule has 0 unspecified atom stereocenters. The highest BCUT2D eigenvalue weighted by Crippen LogP contribution is 2.34. The molecule has 0 bridgehead atoms. The van der Waals surface area contributed by atoms with Gasteiger partial charge in [-0.15, -0.1) is 5.10 Å². The summed E-state index contributed by atoms with van der Waals surface area (Å²) in [6.07, 6.45) is -2.06. The number of aromatic amines is 1. The number of rotatable bonds is 8. The van der Waals surface area contributed by atoms with Crippen LogP contribution in [0.2, 0.25) is 0 Å². The second-order valence-corrected chi connectivity index (χ2v) is 7.94. The Labute approximate surface area is 190 Å². The van der Waals surface area contributed by atoms with Gasteiger partial charge in [-0.1, -0.05) is 23.9 Å². The minimum Gasteiger partial charge on any atom is -0.497 e. The standard InChI is InChI=1S/C21H19F3N6O2S/c1-32-14-6-7-15-13(11-26-17(15)10-14)8-9-25-19(31)12-33-20-27-28-29-30(20)18-5-3-2-4-16(18)21(22,23)24/h2-7,10-11,26H,8-9,12H2,1H3,(H,25,31). The number of nitrogens with one attached hydrogen (secondary N) is 2. The van der Waals surface area contributed by atoms with Gasteiger partial charge in [0, 0.05) is 29.7 Å². The summed E-state index contributed by atoms with van der Waals surface area (Å²) < 4.78 is 46.1. The van der Waals surface area contributed by atoms with E-state index in [1.165, 1.54) is 18.2 Å². The average Bonchev–Trinajstić information content (AvgIpc) is 3.43. The summed E-state index contributed by atoms with van der Waals surface area (Å²) in [7, 11) is 1.60. The Bertz CT molecular complexity index is 1270. The lowest BCUT2D eigenvalue weighted by Gasteiger charge is -2.12. The summed E-state index contributed by atoms with van der Waals surface area (Å²) in [4.78, 5) is 15.5. The van der Waals surface area contributed by atoms with Crippen LogP contribution in [0.5, 0.6) is 5.75 Å². The number of H-pyrrole nitrogens is 1. The van der Waals surface area contributed by atoms with E-state index in [1.807, 2.05) is 24.4 Å². The zero-order valence-electron chi connectivity index (χ0n) is 17.4. The molecule has 4 aromatic rings. The maximum absolute atomic E-state index is 13.3. The predicted molar refractivity (Wildman–Crippen MR) is 116 cm³/mol. The summed E-state index contributed by atoms with van der Waals surface area (Å²) in [6, 6.07) is 10.7. The third kappa shape index (κ3) is 5.11. The first-order valence-corrected chi connectivity index (χ1v) is 10.8. The normalized spacial score (nSPS) is 11.6. The van der Waals surface area contributed by atoms with Gasteiger partial charge in [-0.3, -0.25) is 4.79 Å². The molecule has 172 valence electrons. The van der Waals surface area contributed by atoms with Crippen molar-refractivity contribution >= 4 is 28.6 Å². The van der Waals surface area contributed by atoms with Crippen LogP contribution in [-0.4, -0.2) is 50.5 Å². The van der Waals surface area contributed by atoms with Gasteiger partial charge in [0.1, 0.15) is 5.75 Å². The van der Waals surface area contributed by atoms with Gasteiger partial charge >= 0.3 is 6.18 Å². The van der Waals surface area contributed by atoms with Crippen molar-refractivity contribution in [2.24, 2.45) is 0 Å². The average molecular weight is 476 g/mol. The molecule has 4 rings (SSSR count). The molecule has 2 heterocycles. The molecular formula is C21H19F3N6O2S. The Morgan fingerprint density at radius 3 is 2.85 bits per heavy atom. The molecule has 0 aliphatic carbocycles. The topological polar surface area (TPSA) is 97.7 Å². The molecule has 0 spiro atoms. The van der Waals surface area contributed by atoms with Crippen molar-refractivity contribution in [3.8, 4) is 11.4 Å². The first-order chi connectivity index (χ1) is 15.9. The second kappa shape index (κ2) is 9.53. The van der Waals surface area contributed by atoms with E-state index in [-0.39, 0.29) is 22.5 Å². The number of thioether (sulfide) groups is 1. The van der Waals surface area contributed by atoms with E-state index in [4.69, 9.17) is 4.74 Å². The van der Waals surface area contributed by atoms with Crippen LogP contribution >= 0.6 is 11.8 Å². The van der Waals surface area contributed by atoms with Crippen LogP contribution in [0, 0.1) is 0 Å². The van der Waals surface area contributed by atoms with Gasteiger partial charge in [-0.05, 0) is 46.7 Å². The van der Waals surface area contributed by atoms with Gasteiger partial charge in [-0.25, -0.2) is 0 Å². The highest BCUT2D eigenvalue weighted by atomic mass is 32.2. The van der Waals surface area contributed by atoms with Crippen LogP contribution in [-0.2, 0) is 17.4 Å². The van der Waals surface area contributed by atoms with Crippen molar-refractivity contribution < 1.29 is 22.7 Å². The Morgan fingerprint density at radius 2 is 2.06 bits per heavy atom. The molecule has 0 radical (unpaired) electrons. The van der Waals surface area contributed by atoms with Gasteiger partial charge in [0.25, 0.3) is 0 Å². The minimum atomic E-state index is -4.56. The predicted octanol–water partition coefficient (Wildman–Crippen LogP) is 3.62. The fourth-order valence-electron chi connectivity index (χ4n) is 3.34. The Morgan fingerprint density at radius 1 is 1.24 bits per heavy atom. The van der Waals surface area contributed by atoms with Crippen LogP contribution < -0.4 is 10.1 Å². The summed E-state index contributed by atoms with van der Waals surface area (Å²) in [6.45, 7) is 0.403. The van der Waals surface area contributed by atoms with Crippen LogP contribution in [0.1, 0.15) is 11.1 Å². The van der Waals surface area contributed by atoms with E-state index >= 15 is 0 Å². The first-order valence-electron chi connectivity index (χ1n) is 9.85. The number of carbonyl (C=O) groups is 1. The van der Waals surface area contributed by atoms with Crippen molar-refractivity contribution in [2.75, 3.05) is 19.4 Å². The third-order valence-corrected chi connectivity index (χ3v) is 5.82. The zero-order chi connectivity index (χ0) is 23.4. The molecule has 0 aliphatic heterocycles. The number of carbonyl (C=O) groups excluding carboxylic acids is 1.